The van der Waals surface area contributed by atoms with Crippen LogP contribution in [0.15, 0.2) is 24.3 Å². The first kappa shape index (κ1) is 18.1. The second-order valence-electron chi connectivity index (χ2n) is 5.95. The molecule has 21 heavy (non-hydrogen) atoms. The molecule has 3 nitrogen and oxygen atoms in total. The van der Waals surface area contributed by atoms with E-state index in [1.807, 2.05) is 0 Å². The molecule has 0 aliphatic heterocycles. The average molecular weight is 293 g/mol. The van der Waals surface area contributed by atoms with E-state index in [1.54, 1.807) is 0 Å². The fourth-order valence-corrected chi connectivity index (χ4v) is 2.47. The van der Waals surface area contributed by atoms with Crippen molar-refractivity contribution < 1.29 is 10.2 Å². The van der Waals surface area contributed by atoms with Crippen molar-refractivity contribution in [3.63, 3.8) is 0 Å². The Morgan fingerprint density at radius 1 is 0.952 bits per heavy atom. The van der Waals surface area contributed by atoms with Gasteiger partial charge < -0.3 is 15.9 Å². The summed E-state index contributed by atoms with van der Waals surface area (Å²) >= 11 is 0. The summed E-state index contributed by atoms with van der Waals surface area (Å²) in [6.07, 6.45) is 8.87. The number of aliphatic hydroxyl groups is 2. The highest BCUT2D eigenvalue weighted by atomic mass is 16.3. The molecule has 0 aliphatic rings. The molecule has 0 unspecified atom stereocenters. The van der Waals surface area contributed by atoms with E-state index in [0.29, 0.717) is 6.42 Å². The van der Waals surface area contributed by atoms with Crippen LogP contribution in [0.25, 0.3) is 0 Å². The Labute approximate surface area is 129 Å². The number of aryl methyl sites for hydroxylation is 1. The van der Waals surface area contributed by atoms with Crippen molar-refractivity contribution in [1.29, 1.82) is 0 Å². The van der Waals surface area contributed by atoms with Gasteiger partial charge in [-0.3, -0.25) is 0 Å². The molecule has 1 rings (SSSR count). The lowest BCUT2D eigenvalue weighted by Gasteiger charge is -2.16. The van der Waals surface area contributed by atoms with E-state index < -0.39 is 12.1 Å². The molecule has 2 atom stereocenters. The molecule has 1 aromatic carbocycles. The number of aliphatic hydroxyl groups excluding tert-OH is 2. The van der Waals surface area contributed by atoms with Crippen LogP contribution in [-0.4, -0.2) is 29.0 Å². The second kappa shape index (κ2) is 10.8. The molecule has 0 fully saturated rings. The number of unbranched alkanes of at least 4 members (excludes halogenated alkanes) is 5. The molecule has 120 valence electrons. The van der Waals surface area contributed by atoms with Gasteiger partial charge in [-0.15, -0.1) is 0 Å². The molecule has 4 N–H and O–H groups in total. The first-order valence-electron chi connectivity index (χ1n) is 8.29. The van der Waals surface area contributed by atoms with E-state index in [0.717, 1.165) is 12.0 Å². The lowest BCUT2D eigenvalue weighted by Crippen LogP contribution is -2.39. The van der Waals surface area contributed by atoms with Crippen LogP contribution >= 0.6 is 0 Å². The molecule has 3 heteroatoms. The predicted molar refractivity (Wildman–Crippen MR) is 88.3 cm³/mol. The topological polar surface area (TPSA) is 66.5 Å². The Morgan fingerprint density at radius 2 is 1.52 bits per heavy atom. The Hall–Kier alpha value is -0.900. The van der Waals surface area contributed by atoms with Gasteiger partial charge in [0, 0.05) is 0 Å². The van der Waals surface area contributed by atoms with Crippen LogP contribution in [0.2, 0.25) is 0 Å². The van der Waals surface area contributed by atoms with E-state index in [9.17, 15) is 5.11 Å². The summed E-state index contributed by atoms with van der Waals surface area (Å²) < 4.78 is 0. The largest absolute Gasteiger partial charge is 0.395 e. The van der Waals surface area contributed by atoms with Crippen molar-refractivity contribution in [1.82, 2.24) is 0 Å². The minimum absolute atomic E-state index is 0.183. The van der Waals surface area contributed by atoms with Crippen LogP contribution in [0.4, 0.5) is 0 Å². The van der Waals surface area contributed by atoms with Crippen molar-refractivity contribution >= 4 is 0 Å². The zero-order valence-corrected chi connectivity index (χ0v) is 13.3. The quantitative estimate of drug-likeness (QED) is 0.550. The Morgan fingerprint density at radius 3 is 2.14 bits per heavy atom. The summed E-state index contributed by atoms with van der Waals surface area (Å²) in [7, 11) is 0. The van der Waals surface area contributed by atoms with Gasteiger partial charge in [0.25, 0.3) is 0 Å². The number of rotatable bonds is 11. The summed E-state index contributed by atoms with van der Waals surface area (Å²) in [5.41, 5.74) is 8.03. The van der Waals surface area contributed by atoms with Crippen molar-refractivity contribution in [2.24, 2.45) is 5.73 Å². The van der Waals surface area contributed by atoms with E-state index >= 15 is 0 Å². The van der Waals surface area contributed by atoms with E-state index in [1.165, 1.54) is 44.1 Å². The molecule has 0 saturated heterocycles. The fourth-order valence-electron chi connectivity index (χ4n) is 2.47. The van der Waals surface area contributed by atoms with Crippen molar-refractivity contribution in [3.8, 4) is 0 Å². The van der Waals surface area contributed by atoms with Crippen LogP contribution in [0.1, 0.15) is 56.6 Å². The standard InChI is InChI=1S/C18H31NO2/c1-2-3-4-5-6-7-8-15-9-11-16(12-10-15)13-18(21)17(19)14-20/h9-12,17-18,20-21H,2-8,13-14,19H2,1H3/t17-,18-/m0/s1. The maximum Gasteiger partial charge on any atom is 0.0753 e. The Balaban J connectivity index is 2.27. The molecule has 0 saturated carbocycles. The predicted octanol–water partition coefficient (Wildman–Crippen LogP) is 2.81. The van der Waals surface area contributed by atoms with Gasteiger partial charge in [-0.1, -0.05) is 63.3 Å². The monoisotopic (exact) mass is 293 g/mol. The molecule has 0 bridgehead atoms. The van der Waals surface area contributed by atoms with E-state index in [2.05, 4.69) is 31.2 Å². The van der Waals surface area contributed by atoms with Gasteiger partial charge in [-0.2, -0.15) is 0 Å². The van der Waals surface area contributed by atoms with Crippen molar-refractivity contribution in [3.05, 3.63) is 35.4 Å². The first-order chi connectivity index (χ1) is 10.2. The molecule has 0 heterocycles. The lowest BCUT2D eigenvalue weighted by atomic mass is 10.00. The third-order valence-electron chi connectivity index (χ3n) is 3.99. The second-order valence-corrected chi connectivity index (χ2v) is 5.95. The van der Waals surface area contributed by atoms with Gasteiger partial charge >= 0.3 is 0 Å². The van der Waals surface area contributed by atoms with Crippen LogP contribution in [-0.2, 0) is 12.8 Å². The summed E-state index contributed by atoms with van der Waals surface area (Å²) in [4.78, 5) is 0. The highest BCUT2D eigenvalue weighted by Crippen LogP contribution is 2.12. The number of hydrogen-bond donors (Lipinski definition) is 3. The Bertz CT molecular complexity index is 364. The summed E-state index contributed by atoms with van der Waals surface area (Å²) in [5.74, 6) is 0. The van der Waals surface area contributed by atoms with Gasteiger partial charge in [-0.25, -0.2) is 0 Å². The Kier molecular flexibility index (Phi) is 9.31. The zero-order chi connectivity index (χ0) is 15.5. The highest BCUT2D eigenvalue weighted by molar-refractivity contribution is 5.23. The van der Waals surface area contributed by atoms with Gasteiger partial charge in [0.15, 0.2) is 0 Å². The van der Waals surface area contributed by atoms with Crippen molar-refractivity contribution in [2.75, 3.05) is 6.61 Å². The lowest BCUT2D eigenvalue weighted by molar-refractivity contribution is 0.109. The molecule has 0 radical (unpaired) electrons. The molecule has 0 spiro atoms. The summed E-state index contributed by atoms with van der Waals surface area (Å²) in [6, 6.07) is 7.82. The van der Waals surface area contributed by atoms with Crippen LogP contribution < -0.4 is 5.73 Å². The normalized spacial score (nSPS) is 14.1. The van der Waals surface area contributed by atoms with Crippen LogP contribution in [0, 0.1) is 0 Å². The minimum Gasteiger partial charge on any atom is -0.395 e. The molecule has 1 aromatic rings. The zero-order valence-electron chi connectivity index (χ0n) is 13.3. The van der Waals surface area contributed by atoms with Crippen LogP contribution in [0.5, 0.6) is 0 Å². The van der Waals surface area contributed by atoms with Crippen molar-refractivity contribution in [2.45, 2.75) is 70.4 Å². The van der Waals surface area contributed by atoms with Gasteiger partial charge in [0.05, 0.1) is 18.8 Å². The average Bonchev–Trinajstić information content (AvgIpc) is 2.51. The number of nitrogens with two attached hydrogens (primary N) is 1. The van der Waals surface area contributed by atoms with E-state index in [4.69, 9.17) is 10.8 Å². The molecular weight excluding hydrogens is 262 g/mol. The highest BCUT2D eigenvalue weighted by Gasteiger charge is 2.13. The fraction of sp³-hybridized carbons (Fsp3) is 0.667. The first-order valence-corrected chi connectivity index (χ1v) is 8.29. The molecule has 0 aliphatic carbocycles. The third-order valence-corrected chi connectivity index (χ3v) is 3.99. The smallest absolute Gasteiger partial charge is 0.0753 e. The van der Waals surface area contributed by atoms with E-state index in [-0.39, 0.29) is 6.61 Å². The third kappa shape index (κ3) is 7.60. The van der Waals surface area contributed by atoms with Gasteiger partial charge in [-0.05, 0) is 30.4 Å². The minimum atomic E-state index is -0.681. The maximum absolute atomic E-state index is 9.80. The SMILES string of the molecule is CCCCCCCCc1ccc(C[C@H](O)[C@@H](N)CO)cc1. The maximum atomic E-state index is 9.80. The van der Waals surface area contributed by atoms with Gasteiger partial charge in [0.2, 0.25) is 0 Å². The number of hydrogen-bond acceptors (Lipinski definition) is 3. The molecule has 0 amide bonds. The molecular formula is C18H31NO2. The van der Waals surface area contributed by atoms with Gasteiger partial charge in [0.1, 0.15) is 0 Å². The molecule has 0 aromatic heterocycles. The van der Waals surface area contributed by atoms with Crippen LogP contribution in [0.3, 0.4) is 0 Å². The summed E-state index contributed by atoms with van der Waals surface area (Å²) in [5, 5.41) is 18.7. The summed E-state index contributed by atoms with van der Waals surface area (Å²) in [6.45, 7) is 2.06. The number of benzene rings is 1.